The molecule has 118 valence electrons. The Morgan fingerprint density at radius 2 is 2.14 bits per heavy atom. The van der Waals surface area contributed by atoms with Gasteiger partial charge in [-0.15, -0.1) is 0 Å². The van der Waals surface area contributed by atoms with Crippen LogP contribution in [0.1, 0.15) is 25.3 Å². The van der Waals surface area contributed by atoms with Crippen LogP contribution in [0.15, 0.2) is 24.3 Å². The third-order valence-corrected chi connectivity index (χ3v) is 4.24. The Kier molecular flexibility index (Phi) is 6.03. The van der Waals surface area contributed by atoms with Crippen molar-refractivity contribution < 1.29 is 9.47 Å². The summed E-state index contributed by atoms with van der Waals surface area (Å²) in [6, 6.07) is 8.22. The Morgan fingerprint density at radius 1 is 1.33 bits per heavy atom. The van der Waals surface area contributed by atoms with Gasteiger partial charge in [-0.2, -0.15) is 0 Å². The van der Waals surface area contributed by atoms with Crippen molar-refractivity contribution in [1.29, 1.82) is 0 Å². The van der Waals surface area contributed by atoms with Gasteiger partial charge in [0.15, 0.2) is 0 Å². The van der Waals surface area contributed by atoms with Crippen molar-refractivity contribution in [3.05, 3.63) is 29.8 Å². The molecular formula is C17H28N2O2. The summed E-state index contributed by atoms with van der Waals surface area (Å²) in [4.78, 5) is 2.44. The van der Waals surface area contributed by atoms with Crippen molar-refractivity contribution in [2.75, 3.05) is 40.4 Å². The number of nitrogens with one attached hydrogen (secondary N) is 1. The molecule has 1 aliphatic rings. The van der Waals surface area contributed by atoms with Crippen LogP contribution in [0.5, 0.6) is 5.75 Å². The highest BCUT2D eigenvalue weighted by atomic mass is 16.5. The minimum Gasteiger partial charge on any atom is -0.492 e. The van der Waals surface area contributed by atoms with Crippen LogP contribution in [0, 0.1) is 0 Å². The normalized spacial score (nSPS) is 23.2. The van der Waals surface area contributed by atoms with Crippen LogP contribution in [0.3, 0.4) is 0 Å². The lowest BCUT2D eigenvalue weighted by Crippen LogP contribution is -2.48. The highest BCUT2D eigenvalue weighted by molar-refractivity contribution is 5.33. The van der Waals surface area contributed by atoms with Crippen molar-refractivity contribution in [2.24, 2.45) is 0 Å². The molecule has 0 radical (unpaired) electrons. The lowest BCUT2D eigenvalue weighted by atomic mass is 9.95. The van der Waals surface area contributed by atoms with Gasteiger partial charge in [-0.1, -0.05) is 18.2 Å². The molecule has 4 nitrogen and oxygen atoms in total. The van der Waals surface area contributed by atoms with Gasteiger partial charge in [0, 0.05) is 32.3 Å². The standard InChI is InChI=1S/C17H28N2O2/c1-17(20-3)9-6-10-19(14-17)11-12-21-16-8-5-4-7-15(16)13-18-2/h4-5,7-8,18H,6,9-14H2,1-3H3. The highest BCUT2D eigenvalue weighted by Crippen LogP contribution is 2.24. The topological polar surface area (TPSA) is 33.7 Å². The summed E-state index contributed by atoms with van der Waals surface area (Å²) < 4.78 is 11.6. The fourth-order valence-corrected chi connectivity index (χ4v) is 2.93. The molecule has 0 aliphatic carbocycles. The van der Waals surface area contributed by atoms with Crippen molar-refractivity contribution in [2.45, 2.75) is 31.9 Å². The summed E-state index contributed by atoms with van der Waals surface area (Å²) >= 11 is 0. The van der Waals surface area contributed by atoms with E-state index >= 15 is 0 Å². The maximum absolute atomic E-state index is 5.97. The highest BCUT2D eigenvalue weighted by Gasteiger charge is 2.30. The molecule has 1 aromatic carbocycles. The summed E-state index contributed by atoms with van der Waals surface area (Å²) in [5, 5.41) is 3.18. The van der Waals surface area contributed by atoms with Crippen LogP contribution >= 0.6 is 0 Å². The van der Waals surface area contributed by atoms with E-state index < -0.39 is 0 Å². The Labute approximate surface area is 128 Å². The number of para-hydroxylation sites is 1. The number of hydrogen-bond donors (Lipinski definition) is 1. The number of methoxy groups -OCH3 is 1. The molecule has 21 heavy (non-hydrogen) atoms. The van der Waals surface area contributed by atoms with Crippen LogP contribution in [-0.2, 0) is 11.3 Å². The molecule has 4 heteroatoms. The first-order chi connectivity index (χ1) is 10.2. The predicted molar refractivity (Wildman–Crippen MR) is 85.8 cm³/mol. The smallest absolute Gasteiger partial charge is 0.123 e. The fourth-order valence-electron chi connectivity index (χ4n) is 2.93. The molecule has 1 saturated heterocycles. The van der Waals surface area contributed by atoms with Gasteiger partial charge in [0.2, 0.25) is 0 Å². The Morgan fingerprint density at radius 3 is 2.90 bits per heavy atom. The average molecular weight is 292 g/mol. The van der Waals surface area contributed by atoms with Crippen LogP contribution in [0.25, 0.3) is 0 Å². The van der Waals surface area contributed by atoms with E-state index in [-0.39, 0.29) is 5.60 Å². The van der Waals surface area contributed by atoms with Crippen molar-refractivity contribution in [3.8, 4) is 5.75 Å². The van der Waals surface area contributed by atoms with Crippen molar-refractivity contribution in [1.82, 2.24) is 10.2 Å². The first-order valence-electron chi connectivity index (χ1n) is 7.80. The lowest BCUT2D eigenvalue weighted by molar-refractivity contribution is -0.0524. The van der Waals surface area contributed by atoms with Crippen molar-refractivity contribution in [3.63, 3.8) is 0 Å². The maximum atomic E-state index is 5.97. The summed E-state index contributed by atoms with van der Waals surface area (Å²) in [5.74, 6) is 0.985. The zero-order valence-corrected chi connectivity index (χ0v) is 13.5. The molecule has 1 N–H and O–H groups in total. The number of likely N-dealkylation sites (tertiary alicyclic amines) is 1. The second-order valence-electron chi connectivity index (χ2n) is 6.02. The molecule has 0 aromatic heterocycles. The maximum Gasteiger partial charge on any atom is 0.123 e. The second-order valence-corrected chi connectivity index (χ2v) is 6.02. The number of benzene rings is 1. The van der Waals surface area contributed by atoms with E-state index in [1.54, 1.807) is 0 Å². The van der Waals surface area contributed by atoms with Gasteiger partial charge in [0.05, 0.1) is 5.60 Å². The molecule has 1 unspecified atom stereocenters. The van der Waals surface area contributed by atoms with Crippen molar-refractivity contribution >= 4 is 0 Å². The third kappa shape index (κ3) is 4.70. The minimum atomic E-state index is 0.00227. The van der Waals surface area contributed by atoms with Gasteiger partial charge >= 0.3 is 0 Å². The molecule has 0 spiro atoms. The van der Waals surface area contributed by atoms with Crippen LogP contribution in [0.4, 0.5) is 0 Å². The molecule has 0 saturated carbocycles. The van der Waals surface area contributed by atoms with Gasteiger partial charge in [-0.3, -0.25) is 4.90 Å². The first kappa shape index (κ1) is 16.3. The number of ether oxygens (including phenoxy) is 2. The van der Waals surface area contributed by atoms with Gasteiger partial charge in [0.25, 0.3) is 0 Å². The monoisotopic (exact) mass is 292 g/mol. The van der Waals surface area contributed by atoms with Crippen LogP contribution < -0.4 is 10.1 Å². The average Bonchev–Trinajstić information content (AvgIpc) is 2.49. The van der Waals surface area contributed by atoms with Gasteiger partial charge in [-0.25, -0.2) is 0 Å². The molecule has 1 aliphatic heterocycles. The van der Waals surface area contributed by atoms with E-state index in [1.807, 2.05) is 32.4 Å². The quantitative estimate of drug-likeness (QED) is 0.836. The summed E-state index contributed by atoms with van der Waals surface area (Å²) in [5.41, 5.74) is 1.21. The molecule has 0 amide bonds. The number of piperidine rings is 1. The first-order valence-corrected chi connectivity index (χ1v) is 7.80. The largest absolute Gasteiger partial charge is 0.492 e. The number of hydrogen-bond acceptors (Lipinski definition) is 4. The van der Waals surface area contributed by atoms with Crippen LogP contribution in [-0.4, -0.2) is 50.9 Å². The molecule has 1 atom stereocenters. The van der Waals surface area contributed by atoms with E-state index in [9.17, 15) is 0 Å². The Bertz CT molecular complexity index is 439. The van der Waals surface area contributed by atoms with Gasteiger partial charge < -0.3 is 14.8 Å². The SMILES string of the molecule is CNCc1ccccc1OCCN1CCCC(C)(OC)C1. The Balaban J connectivity index is 1.81. The molecule has 1 heterocycles. The summed E-state index contributed by atoms with van der Waals surface area (Å²) in [6.07, 6.45) is 2.34. The van der Waals surface area contributed by atoms with E-state index in [4.69, 9.17) is 9.47 Å². The van der Waals surface area contributed by atoms with Crippen LogP contribution in [0.2, 0.25) is 0 Å². The zero-order chi connectivity index (χ0) is 15.1. The molecule has 1 fully saturated rings. The number of rotatable bonds is 7. The molecule has 2 rings (SSSR count). The predicted octanol–water partition coefficient (Wildman–Crippen LogP) is 2.29. The molecule has 1 aromatic rings. The fraction of sp³-hybridized carbons (Fsp3) is 0.647. The zero-order valence-electron chi connectivity index (χ0n) is 13.5. The van der Waals surface area contributed by atoms with E-state index in [1.165, 1.54) is 12.0 Å². The number of nitrogens with zero attached hydrogens (tertiary/aromatic N) is 1. The second kappa shape index (κ2) is 7.78. The molecule has 0 bridgehead atoms. The van der Waals surface area contributed by atoms with E-state index in [0.717, 1.165) is 45.0 Å². The van der Waals surface area contributed by atoms with E-state index in [0.29, 0.717) is 0 Å². The van der Waals surface area contributed by atoms with Gasteiger partial charge in [-0.05, 0) is 39.4 Å². The summed E-state index contributed by atoms with van der Waals surface area (Å²) in [6.45, 7) is 6.84. The third-order valence-electron chi connectivity index (χ3n) is 4.24. The van der Waals surface area contributed by atoms with E-state index in [2.05, 4.69) is 23.2 Å². The Hall–Kier alpha value is -1.10. The van der Waals surface area contributed by atoms with Gasteiger partial charge in [0.1, 0.15) is 12.4 Å². The minimum absolute atomic E-state index is 0.00227. The summed E-state index contributed by atoms with van der Waals surface area (Å²) in [7, 11) is 3.77. The molecular weight excluding hydrogens is 264 g/mol. The lowest BCUT2D eigenvalue weighted by Gasteiger charge is -2.39.